The van der Waals surface area contributed by atoms with Crippen molar-refractivity contribution in [3.8, 4) is 0 Å². The number of carboxylic acid groups (broad SMARTS) is 1. The molecule has 0 bridgehead atoms. The topological polar surface area (TPSA) is 130 Å². The molecule has 0 spiro atoms. The molecule has 7 heteroatoms. The van der Waals surface area contributed by atoms with Gasteiger partial charge < -0.3 is 26.6 Å². The molecule has 0 aromatic carbocycles. The van der Waals surface area contributed by atoms with Gasteiger partial charge in [-0.1, -0.05) is 0 Å². The van der Waals surface area contributed by atoms with Crippen LogP contribution in [0.15, 0.2) is 0 Å². The molecule has 1 unspecified atom stereocenters. The highest BCUT2D eigenvalue weighted by atomic mass is 16.4. The van der Waals surface area contributed by atoms with Crippen molar-refractivity contribution in [2.75, 3.05) is 6.54 Å². The van der Waals surface area contributed by atoms with E-state index in [1.165, 1.54) is 0 Å². The standard InChI is InChI=1S/C6H15BN2O4/c8-2-1-4(7(12)13)3-5(9)6(10)11/h4-5,12-13H,1-3,8-9H2,(H,10,11)/t4?,5-/m0/s1. The molecule has 0 aromatic rings. The third-order valence-corrected chi connectivity index (χ3v) is 1.83. The van der Waals surface area contributed by atoms with E-state index >= 15 is 0 Å². The minimum Gasteiger partial charge on any atom is -0.480 e. The highest BCUT2D eigenvalue weighted by Gasteiger charge is 2.27. The Kier molecular flexibility index (Phi) is 5.64. The van der Waals surface area contributed by atoms with Gasteiger partial charge in [0.1, 0.15) is 6.04 Å². The maximum absolute atomic E-state index is 10.3. The molecule has 76 valence electrons. The minimum absolute atomic E-state index is 0.0181. The number of rotatable bonds is 6. The van der Waals surface area contributed by atoms with Crippen molar-refractivity contribution < 1.29 is 19.9 Å². The molecule has 0 aliphatic heterocycles. The first-order valence-electron chi connectivity index (χ1n) is 4.03. The largest absolute Gasteiger partial charge is 0.480 e. The lowest BCUT2D eigenvalue weighted by molar-refractivity contribution is -0.138. The molecule has 0 saturated heterocycles. The van der Waals surface area contributed by atoms with E-state index in [2.05, 4.69) is 0 Å². The number of hydrogen-bond acceptors (Lipinski definition) is 5. The van der Waals surface area contributed by atoms with Gasteiger partial charge in [0.2, 0.25) is 0 Å². The van der Waals surface area contributed by atoms with Crippen LogP contribution in [0.25, 0.3) is 0 Å². The second-order valence-electron chi connectivity index (χ2n) is 2.93. The van der Waals surface area contributed by atoms with E-state index in [4.69, 9.17) is 26.6 Å². The van der Waals surface area contributed by atoms with Crippen LogP contribution in [0, 0.1) is 0 Å². The zero-order chi connectivity index (χ0) is 10.4. The summed E-state index contributed by atoms with van der Waals surface area (Å²) in [5, 5.41) is 26.1. The van der Waals surface area contributed by atoms with E-state index < -0.39 is 24.9 Å². The molecule has 0 saturated carbocycles. The van der Waals surface area contributed by atoms with Gasteiger partial charge in [-0.05, 0) is 25.2 Å². The Hall–Kier alpha value is -0.625. The van der Waals surface area contributed by atoms with Crippen LogP contribution in [-0.4, -0.2) is 40.8 Å². The van der Waals surface area contributed by atoms with E-state index in [0.29, 0.717) is 6.42 Å². The summed E-state index contributed by atoms with van der Waals surface area (Å²) >= 11 is 0. The zero-order valence-corrected chi connectivity index (χ0v) is 7.26. The first-order valence-corrected chi connectivity index (χ1v) is 4.03. The van der Waals surface area contributed by atoms with Gasteiger partial charge in [0.25, 0.3) is 0 Å². The van der Waals surface area contributed by atoms with Crippen LogP contribution in [0.3, 0.4) is 0 Å². The van der Waals surface area contributed by atoms with Crippen LogP contribution < -0.4 is 11.5 Å². The Morgan fingerprint density at radius 2 is 2.00 bits per heavy atom. The number of nitrogens with two attached hydrogens (primary N) is 2. The van der Waals surface area contributed by atoms with Gasteiger partial charge in [0.05, 0.1) is 0 Å². The maximum Gasteiger partial charge on any atom is 0.454 e. The number of hydrogen-bond donors (Lipinski definition) is 5. The minimum atomic E-state index is -1.56. The van der Waals surface area contributed by atoms with Crippen molar-refractivity contribution in [3.05, 3.63) is 0 Å². The Morgan fingerprint density at radius 1 is 1.46 bits per heavy atom. The lowest BCUT2D eigenvalue weighted by Crippen LogP contribution is -2.35. The molecule has 0 amide bonds. The summed E-state index contributed by atoms with van der Waals surface area (Å²) in [6, 6.07) is -1.07. The van der Waals surface area contributed by atoms with Gasteiger partial charge in [-0.3, -0.25) is 4.79 Å². The Balaban J connectivity index is 4.01. The number of carbonyl (C=O) groups is 1. The van der Waals surface area contributed by atoms with E-state index in [9.17, 15) is 4.79 Å². The molecule has 13 heavy (non-hydrogen) atoms. The fraction of sp³-hybridized carbons (Fsp3) is 0.833. The van der Waals surface area contributed by atoms with Gasteiger partial charge in [-0.15, -0.1) is 0 Å². The Morgan fingerprint density at radius 3 is 2.31 bits per heavy atom. The van der Waals surface area contributed by atoms with Gasteiger partial charge in [0.15, 0.2) is 0 Å². The average molecular weight is 190 g/mol. The molecular formula is C6H15BN2O4. The van der Waals surface area contributed by atoms with Crippen molar-refractivity contribution >= 4 is 13.1 Å². The van der Waals surface area contributed by atoms with Crippen molar-refractivity contribution in [1.82, 2.24) is 0 Å². The smallest absolute Gasteiger partial charge is 0.454 e. The first-order chi connectivity index (χ1) is 5.99. The first kappa shape index (κ1) is 12.4. The highest BCUT2D eigenvalue weighted by molar-refractivity contribution is 6.43. The van der Waals surface area contributed by atoms with Crippen molar-refractivity contribution in [3.63, 3.8) is 0 Å². The highest BCUT2D eigenvalue weighted by Crippen LogP contribution is 2.18. The summed E-state index contributed by atoms with van der Waals surface area (Å²) in [6.07, 6.45) is 0.364. The molecule has 0 aliphatic carbocycles. The quantitative estimate of drug-likeness (QED) is 0.307. The average Bonchev–Trinajstić information content (AvgIpc) is 2.03. The zero-order valence-electron chi connectivity index (χ0n) is 7.26. The molecular weight excluding hydrogens is 175 g/mol. The predicted octanol–water partition coefficient (Wildman–Crippen LogP) is -2.02. The summed E-state index contributed by atoms with van der Waals surface area (Å²) in [6.45, 7) is 0.272. The lowest BCUT2D eigenvalue weighted by Gasteiger charge is -2.16. The van der Waals surface area contributed by atoms with Crippen LogP contribution in [0.1, 0.15) is 12.8 Å². The molecule has 0 fully saturated rings. The van der Waals surface area contributed by atoms with Gasteiger partial charge in [0, 0.05) is 0 Å². The van der Waals surface area contributed by atoms with E-state index in [1.54, 1.807) is 0 Å². The SMILES string of the molecule is NCCC(C[C@H](N)C(=O)O)B(O)O. The van der Waals surface area contributed by atoms with Crippen LogP contribution >= 0.6 is 0 Å². The fourth-order valence-corrected chi connectivity index (χ4v) is 1.03. The van der Waals surface area contributed by atoms with Crippen LogP contribution in [0.5, 0.6) is 0 Å². The molecule has 0 aliphatic rings. The van der Waals surface area contributed by atoms with Gasteiger partial charge >= 0.3 is 13.1 Å². The van der Waals surface area contributed by atoms with Crippen LogP contribution in [-0.2, 0) is 4.79 Å². The summed E-state index contributed by atoms with van der Waals surface area (Å²) in [5.41, 5.74) is 10.4. The second kappa shape index (κ2) is 5.93. The van der Waals surface area contributed by atoms with Crippen LogP contribution in [0.4, 0.5) is 0 Å². The molecule has 0 radical (unpaired) electrons. The third kappa shape index (κ3) is 4.84. The van der Waals surface area contributed by atoms with Gasteiger partial charge in [-0.25, -0.2) is 0 Å². The van der Waals surface area contributed by atoms with Crippen molar-refractivity contribution in [2.24, 2.45) is 11.5 Å². The number of carboxylic acids is 1. The molecule has 7 N–H and O–H groups in total. The van der Waals surface area contributed by atoms with Crippen molar-refractivity contribution in [1.29, 1.82) is 0 Å². The molecule has 2 atom stereocenters. The normalized spacial score (nSPS) is 15.1. The van der Waals surface area contributed by atoms with E-state index in [0.717, 1.165) is 0 Å². The van der Waals surface area contributed by atoms with Gasteiger partial charge in [-0.2, -0.15) is 0 Å². The predicted molar refractivity (Wildman–Crippen MR) is 47.8 cm³/mol. The summed E-state index contributed by atoms with van der Waals surface area (Å²) in [4.78, 5) is 10.3. The summed E-state index contributed by atoms with van der Waals surface area (Å²) in [7, 11) is -1.56. The van der Waals surface area contributed by atoms with E-state index in [1.807, 2.05) is 0 Å². The molecule has 0 heterocycles. The maximum atomic E-state index is 10.3. The molecule has 6 nitrogen and oxygen atoms in total. The fourth-order valence-electron chi connectivity index (χ4n) is 1.03. The van der Waals surface area contributed by atoms with Crippen molar-refractivity contribution in [2.45, 2.75) is 24.7 Å². The lowest BCUT2D eigenvalue weighted by atomic mass is 9.68. The Bertz CT molecular complexity index is 167. The van der Waals surface area contributed by atoms with E-state index in [-0.39, 0.29) is 13.0 Å². The second-order valence-corrected chi connectivity index (χ2v) is 2.93. The monoisotopic (exact) mass is 190 g/mol. The Labute approximate surface area is 76.7 Å². The molecule has 0 aromatic heterocycles. The third-order valence-electron chi connectivity index (χ3n) is 1.83. The number of aliphatic carboxylic acids is 1. The summed E-state index contributed by atoms with van der Waals surface area (Å²) in [5.74, 6) is -1.72. The molecule has 0 rings (SSSR count). The van der Waals surface area contributed by atoms with Crippen LogP contribution in [0.2, 0.25) is 5.82 Å². The summed E-state index contributed by atoms with van der Waals surface area (Å²) < 4.78 is 0.